The number of amides is 2. The molecule has 16 heteroatoms. The predicted octanol–water partition coefficient (Wildman–Crippen LogP) is 1.31. The topological polar surface area (TPSA) is 204 Å². The first-order chi connectivity index (χ1) is 22.7. The summed E-state index contributed by atoms with van der Waals surface area (Å²) in [5.74, 6) is -3.27. The van der Waals surface area contributed by atoms with Gasteiger partial charge < -0.3 is 29.7 Å². The van der Waals surface area contributed by atoms with Crippen molar-refractivity contribution in [3.05, 3.63) is 90.1 Å². The molecule has 0 saturated carbocycles. The Morgan fingerprint density at radius 3 is 2.17 bits per heavy atom. The largest absolute Gasteiger partial charge is 0.497 e. The summed E-state index contributed by atoms with van der Waals surface area (Å²) in [6.45, 7) is -0.0933. The number of methoxy groups -OCH3 is 2. The second-order valence-corrected chi connectivity index (χ2v) is 12.6. The van der Waals surface area contributed by atoms with E-state index in [4.69, 9.17) is 19.7 Å². The first-order valence-corrected chi connectivity index (χ1v) is 15.8. The number of fused-ring (bicyclic) bond motifs is 1. The Hall–Kier alpha value is -5.32. The zero-order valence-corrected chi connectivity index (χ0v) is 27.2. The number of carboxylic acid groups (broad SMARTS) is 2. The second kappa shape index (κ2) is 14.2. The molecule has 48 heavy (non-hydrogen) atoms. The zero-order chi connectivity index (χ0) is 35.4. The van der Waals surface area contributed by atoms with Gasteiger partial charge in [-0.05, 0) is 48.9 Å². The molecule has 1 saturated heterocycles. The highest BCUT2D eigenvalue weighted by Crippen LogP contribution is 2.54. The van der Waals surface area contributed by atoms with E-state index in [1.807, 2.05) is 0 Å². The maximum Gasteiger partial charge on any atom is 0.328 e. The van der Waals surface area contributed by atoms with E-state index in [9.17, 15) is 32.7 Å². The van der Waals surface area contributed by atoms with E-state index in [0.717, 1.165) is 4.31 Å². The molecule has 2 aliphatic heterocycles. The number of benzene rings is 2. The highest BCUT2D eigenvalue weighted by molar-refractivity contribution is 7.93. The number of hydrogen-bond acceptors (Lipinski definition) is 11. The molecule has 0 spiro atoms. The molecule has 3 N–H and O–H groups in total. The fourth-order valence-electron chi connectivity index (χ4n) is 5.80. The summed E-state index contributed by atoms with van der Waals surface area (Å²) in [6.07, 6.45) is 1.68. The summed E-state index contributed by atoms with van der Waals surface area (Å²) < 4.78 is 40.1. The number of hydrogen-bond donors (Lipinski definition) is 3. The Morgan fingerprint density at radius 2 is 1.60 bits per heavy atom. The number of likely N-dealkylation sites (tertiary alicyclic amines) is 1. The Kier molecular flexibility index (Phi) is 10.5. The molecule has 5 rings (SSSR count). The predicted molar refractivity (Wildman–Crippen MR) is 170 cm³/mol. The van der Waals surface area contributed by atoms with Crippen LogP contribution in [-0.4, -0.2) is 109 Å². The second-order valence-electron chi connectivity index (χ2n) is 10.8. The van der Waals surface area contributed by atoms with Gasteiger partial charge in [0.1, 0.15) is 5.75 Å². The molecule has 15 nitrogen and oxygen atoms in total. The van der Waals surface area contributed by atoms with E-state index in [0.29, 0.717) is 17.9 Å². The molecule has 3 aromatic rings. The van der Waals surface area contributed by atoms with Crippen molar-refractivity contribution < 1.29 is 52.4 Å². The van der Waals surface area contributed by atoms with Crippen molar-refractivity contribution in [2.45, 2.75) is 29.0 Å². The number of aliphatic hydroxyl groups excluding tert-OH is 1. The van der Waals surface area contributed by atoms with Crippen LogP contribution in [0.1, 0.15) is 17.5 Å². The number of aliphatic hydroxyl groups is 1. The van der Waals surface area contributed by atoms with Crippen molar-refractivity contribution in [3.63, 3.8) is 0 Å². The molecule has 254 valence electrons. The average molecular weight is 683 g/mol. The van der Waals surface area contributed by atoms with Crippen LogP contribution in [-0.2, 0) is 34.7 Å². The Bertz CT molecular complexity index is 1830. The standard InChI is InChI=1S/C28H30N4O7S.C4H4O4/c1-30(2)26(34)24-15-18(33)17-31(24)28(21-11-8-14-29-25(21)39-4)22-16-19(38-3)12-13-23(22)32(27(28)35)40(36,37)20-9-6-5-7-10-20;5-3(6)1-2-4(7)8/h5-14,16,18,24,33H,15,17H2,1-4H3;1-2H,(H,5,6)(H,7,8)/t18-,24+,28?;/m1./s1. The van der Waals surface area contributed by atoms with Gasteiger partial charge in [0, 0.05) is 50.1 Å². The molecule has 1 fully saturated rings. The number of aromatic nitrogens is 1. The fourth-order valence-corrected chi connectivity index (χ4v) is 7.28. The van der Waals surface area contributed by atoms with Crippen LogP contribution < -0.4 is 13.8 Å². The molecule has 3 atom stereocenters. The van der Waals surface area contributed by atoms with Gasteiger partial charge in [-0.1, -0.05) is 18.2 Å². The number of aliphatic carboxylic acids is 2. The van der Waals surface area contributed by atoms with E-state index >= 15 is 0 Å². The minimum Gasteiger partial charge on any atom is -0.497 e. The number of likely N-dealkylation sites (N-methyl/N-ethyl adjacent to an activating group) is 1. The number of ether oxygens (including phenoxy) is 2. The molecular formula is C32H34N4O11S. The monoisotopic (exact) mass is 682 g/mol. The summed E-state index contributed by atoms with van der Waals surface area (Å²) in [6, 6.07) is 14.6. The lowest BCUT2D eigenvalue weighted by molar-refractivity contribution is -0.138. The minimum absolute atomic E-state index is 0.0410. The van der Waals surface area contributed by atoms with Gasteiger partial charge in [-0.2, -0.15) is 0 Å². The molecular weight excluding hydrogens is 648 g/mol. The van der Waals surface area contributed by atoms with Crippen LogP contribution in [0.3, 0.4) is 0 Å². The number of rotatable bonds is 9. The van der Waals surface area contributed by atoms with Crippen molar-refractivity contribution in [1.82, 2.24) is 14.8 Å². The minimum atomic E-state index is -4.42. The number of nitrogens with zero attached hydrogens (tertiary/aromatic N) is 4. The van der Waals surface area contributed by atoms with Crippen LogP contribution in [0.2, 0.25) is 0 Å². The lowest BCUT2D eigenvalue weighted by Gasteiger charge is -2.41. The van der Waals surface area contributed by atoms with Crippen LogP contribution >= 0.6 is 0 Å². The highest BCUT2D eigenvalue weighted by Gasteiger charge is 2.64. The third-order valence-corrected chi connectivity index (χ3v) is 9.46. The quantitative estimate of drug-likeness (QED) is 0.273. The number of carboxylic acids is 2. The van der Waals surface area contributed by atoms with Gasteiger partial charge in [-0.15, -0.1) is 0 Å². The van der Waals surface area contributed by atoms with Gasteiger partial charge in [0.25, 0.3) is 15.9 Å². The molecule has 0 bridgehead atoms. The summed E-state index contributed by atoms with van der Waals surface area (Å²) in [7, 11) is 1.61. The SMILES string of the molecule is COc1ccc2c(c1)C(c1cccnc1OC)(N1C[C@H](O)C[C@H]1C(=O)N(C)C)C(=O)N2S(=O)(=O)c1ccccc1.O=C(O)C=CC(=O)O. The van der Waals surface area contributed by atoms with Crippen LogP contribution in [0.15, 0.2) is 83.9 Å². The van der Waals surface area contributed by atoms with Crippen LogP contribution in [0.25, 0.3) is 0 Å². The number of carbonyl (C=O) groups excluding carboxylic acids is 2. The van der Waals surface area contributed by atoms with E-state index in [-0.39, 0.29) is 46.5 Å². The van der Waals surface area contributed by atoms with Crippen molar-refractivity contribution in [2.75, 3.05) is 39.2 Å². The lowest BCUT2D eigenvalue weighted by Crippen LogP contribution is -2.59. The molecule has 1 unspecified atom stereocenters. The molecule has 2 aromatic carbocycles. The molecule has 0 radical (unpaired) electrons. The number of β-amino-alcohol motifs (C(OH)–C–C–N with tert-alkyl or cyclic N) is 1. The van der Waals surface area contributed by atoms with E-state index in [1.54, 1.807) is 61.5 Å². The number of carbonyl (C=O) groups is 4. The summed E-state index contributed by atoms with van der Waals surface area (Å²) >= 11 is 0. The Morgan fingerprint density at radius 1 is 0.958 bits per heavy atom. The zero-order valence-electron chi connectivity index (χ0n) is 26.4. The number of pyridine rings is 1. The molecule has 0 aliphatic carbocycles. The Labute approximate surface area is 276 Å². The van der Waals surface area contributed by atoms with Gasteiger partial charge in [0.2, 0.25) is 11.8 Å². The van der Waals surface area contributed by atoms with Gasteiger partial charge in [0.05, 0.1) is 36.9 Å². The molecule has 2 amide bonds. The van der Waals surface area contributed by atoms with Gasteiger partial charge in [-0.3, -0.25) is 14.5 Å². The molecule has 1 aromatic heterocycles. The fraction of sp³-hybridized carbons (Fsp3) is 0.281. The maximum absolute atomic E-state index is 15.0. The van der Waals surface area contributed by atoms with Gasteiger partial charge in [0.15, 0.2) is 5.54 Å². The van der Waals surface area contributed by atoms with E-state index in [2.05, 4.69) is 4.98 Å². The smallest absolute Gasteiger partial charge is 0.328 e. The number of sulfonamides is 1. The maximum atomic E-state index is 15.0. The lowest BCUT2D eigenvalue weighted by atomic mass is 9.81. The van der Waals surface area contributed by atoms with E-state index in [1.165, 1.54) is 43.5 Å². The summed E-state index contributed by atoms with van der Waals surface area (Å²) in [4.78, 5) is 54.8. The average Bonchev–Trinajstić information content (AvgIpc) is 3.58. The van der Waals surface area contributed by atoms with Crippen molar-refractivity contribution in [2.24, 2.45) is 0 Å². The third kappa shape index (κ3) is 6.45. The van der Waals surface area contributed by atoms with Crippen LogP contribution in [0, 0.1) is 0 Å². The van der Waals surface area contributed by atoms with Crippen LogP contribution in [0.4, 0.5) is 5.69 Å². The van der Waals surface area contributed by atoms with Crippen molar-refractivity contribution >= 4 is 39.5 Å². The van der Waals surface area contributed by atoms with Crippen molar-refractivity contribution in [3.8, 4) is 11.6 Å². The molecule has 3 heterocycles. The van der Waals surface area contributed by atoms with Gasteiger partial charge >= 0.3 is 11.9 Å². The van der Waals surface area contributed by atoms with E-state index < -0.39 is 45.6 Å². The summed E-state index contributed by atoms with van der Waals surface area (Å²) in [5, 5.41) is 26.5. The van der Waals surface area contributed by atoms with Gasteiger partial charge in [-0.25, -0.2) is 27.3 Å². The summed E-state index contributed by atoms with van der Waals surface area (Å²) in [5.41, 5.74) is -1.33. The normalized spacial score (nSPS) is 20.5. The first-order valence-electron chi connectivity index (χ1n) is 14.3. The molecule has 2 aliphatic rings. The van der Waals surface area contributed by atoms with Crippen molar-refractivity contribution in [1.29, 1.82) is 0 Å². The number of anilines is 1. The highest BCUT2D eigenvalue weighted by atomic mass is 32.2. The van der Waals surface area contributed by atoms with Crippen LogP contribution in [0.5, 0.6) is 11.6 Å². The Balaban J connectivity index is 0.000000579. The first kappa shape index (κ1) is 35.5. The third-order valence-electron chi connectivity index (χ3n) is 7.75.